The van der Waals surface area contributed by atoms with Gasteiger partial charge in [-0.1, -0.05) is 0 Å². The molecule has 0 aromatic rings. The van der Waals surface area contributed by atoms with E-state index in [2.05, 4.69) is 9.53 Å². The van der Waals surface area contributed by atoms with Crippen LogP contribution in [0.5, 0.6) is 0 Å². The van der Waals surface area contributed by atoms with Gasteiger partial charge in [0.1, 0.15) is 5.40 Å². The van der Waals surface area contributed by atoms with Crippen LogP contribution in [0.3, 0.4) is 0 Å². The monoisotopic (exact) mass is 214 g/mol. The zero-order valence-corrected chi connectivity index (χ0v) is 8.26. The van der Waals surface area contributed by atoms with Gasteiger partial charge >= 0.3 is 11.7 Å². The summed E-state index contributed by atoms with van der Waals surface area (Å²) in [5.41, 5.74) is 6.03. The largest absolute Gasteiger partial charge is 0.491 e. The Hall–Kier alpha value is -1.64. The maximum atomic E-state index is 11.1. The summed E-state index contributed by atoms with van der Waals surface area (Å²) in [6, 6.07) is 0. The Morgan fingerprint density at radius 1 is 1.64 bits per heavy atom. The van der Waals surface area contributed by atoms with Crippen LogP contribution >= 0.6 is 11.8 Å². The first-order valence-electron chi connectivity index (χ1n) is 3.63. The minimum absolute atomic E-state index is 0.108. The summed E-state index contributed by atoms with van der Waals surface area (Å²) in [5, 5.41) is 9.85. The third-order valence-corrected chi connectivity index (χ3v) is 1.65. The van der Waals surface area contributed by atoms with Gasteiger partial charge in [0.15, 0.2) is 0 Å². The van der Waals surface area contributed by atoms with Crippen molar-refractivity contribution in [1.29, 1.82) is 10.8 Å². The molecule has 0 bridgehead atoms. The van der Waals surface area contributed by atoms with Crippen LogP contribution in [0.2, 0.25) is 0 Å². The molecule has 0 unspecified atom stereocenters. The number of ether oxygens (including phenoxy) is 1. The van der Waals surface area contributed by atoms with Crippen molar-refractivity contribution in [1.82, 2.24) is 0 Å². The van der Waals surface area contributed by atoms with Crippen molar-refractivity contribution in [2.24, 2.45) is 0 Å². The number of nitrogens with zero attached hydrogens (tertiary/aromatic N) is 2. The number of ketones is 1. The molecule has 0 aliphatic rings. The maximum Gasteiger partial charge on any atom is 0.491 e. The Morgan fingerprint density at radius 3 is 2.71 bits per heavy atom. The Balaban J connectivity index is 4.45. The van der Waals surface area contributed by atoms with Gasteiger partial charge in [0, 0.05) is 0 Å². The van der Waals surface area contributed by atoms with Gasteiger partial charge in [0.25, 0.3) is 5.78 Å². The third-order valence-electron chi connectivity index (χ3n) is 1.11. The summed E-state index contributed by atoms with van der Waals surface area (Å²) in [5.74, 6) is -1.80. The summed E-state index contributed by atoms with van der Waals surface area (Å²) in [6.07, 6.45) is 0. The van der Waals surface area contributed by atoms with E-state index in [4.69, 9.17) is 10.8 Å². The van der Waals surface area contributed by atoms with Crippen molar-refractivity contribution in [3.8, 4) is 5.40 Å². The average molecular weight is 214 g/mol. The summed E-state index contributed by atoms with van der Waals surface area (Å²) < 4.78 is 4.49. The SMILES string of the molecule is CCOC(=O)C(=[N+]=N)C(=O)CSC#N. The maximum absolute atomic E-state index is 11.1. The van der Waals surface area contributed by atoms with Gasteiger partial charge < -0.3 is 4.74 Å². The first-order chi connectivity index (χ1) is 6.67. The van der Waals surface area contributed by atoms with Crippen molar-refractivity contribution >= 4 is 29.2 Å². The number of rotatable bonds is 5. The molecule has 0 aromatic carbocycles. The zero-order chi connectivity index (χ0) is 11.0. The number of hydrogen-bond donors (Lipinski definition) is 1. The molecule has 0 aliphatic heterocycles. The number of nitriles is 1. The van der Waals surface area contributed by atoms with Gasteiger partial charge in [-0.25, -0.2) is 4.79 Å². The van der Waals surface area contributed by atoms with Gasteiger partial charge in [0.05, 0.1) is 22.7 Å². The molecule has 0 rings (SSSR count). The Bertz CT molecular complexity index is 328. The van der Waals surface area contributed by atoms with Crippen molar-refractivity contribution in [3.63, 3.8) is 0 Å². The fourth-order valence-corrected chi connectivity index (χ4v) is 0.920. The van der Waals surface area contributed by atoms with Gasteiger partial charge in [0.2, 0.25) is 0 Å². The minimum atomic E-state index is -0.925. The van der Waals surface area contributed by atoms with Crippen molar-refractivity contribution < 1.29 is 19.1 Å². The number of carbonyl (C=O) groups is 2. The lowest BCUT2D eigenvalue weighted by atomic mass is 10.3. The highest BCUT2D eigenvalue weighted by Crippen LogP contribution is 1.97. The number of hydrogen-bond acceptors (Lipinski definition) is 6. The molecule has 74 valence electrons. The quantitative estimate of drug-likeness (QED) is 0.173. The Kier molecular flexibility index (Phi) is 6.03. The number of thiocyanates is 1. The minimum Gasteiger partial charge on any atom is -0.457 e. The first-order valence-corrected chi connectivity index (χ1v) is 4.61. The standard InChI is InChI=1S/C7H8N3O3S/c1-2-13-7(12)6(10-9)5(11)3-14-4-8/h9H,2-3H2,1H3/q+1. The lowest BCUT2D eigenvalue weighted by molar-refractivity contribution is -0.155. The van der Waals surface area contributed by atoms with Gasteiger partial charge in [-0.05, 0) is 18.7 Å². The summed E-state index contributed by atoms with van der Waals surface area (Å²) in [6.45, 7) is 1.69. The van der Waals surface area contributed by atoms with E-state index in [0.717, 1.165) is 0 Å². The smallest absolute Gasteiger partial charge is 0.457 e. The summed E-state index contributed by atoms with van der Waals surface area (Å²) in [4.78, 5) is 24.9. The van der Waals surface area contributed by atoms with Crippen LogP contribution in [-0.2, 0) is 14.3 Å². The van der Waals surface area contributed by atoms with Gasteiger partial charge in [-0.15, -0.1) is 0 Å². The molecule has 0 fully saturated rings. The number of esters is 1. The topological polar surface area (TPSA) is 105 Å². The molecule has 0 amide bonds. The third kappa shape index (κ3) is 3.85. The molecule has 0 aromatic heterocycles. The van der Waals surface area contributed by atoms with E-state index in [9.17, 15) is 9.59 Å². The molecule has 0 aliphatic carbocycles. The number of thioether (sulfide) groups is 1. The van der Waals surface area contributed by atoms with Crippen LogP contribution in [0.4, 0.5) is 0 Å². The van der Waals surface area contributed by atoms with E-state index in [1.807, 2.05) is 0 Å². The Labute approximate surface area is 84.5 Å². The van der Waals surface area contributed by atoms with Crippen LogP contribution in [0.1, 0.15) is 6.92 Å². The molecule has 14 heavy (non-hydrogen) atoms. The van der Waals surface area contributed by atoms with Crippen LogP contribution in [0.25, 0.3) is 0 Å². The van der Waals surface area contributed by atoms with E-state index in [1.165, 1.54) is 0 Å². The predicted octanol–water partition coefficient (Wildman–Crippen LogP) is 0.0130. The second-order valence-corrected chi connectivity index (χ2v) is 2.74. The molecule has 0 saturated carbocycles. The van der Waals surface area contributed by atoms with Gasteiger partial charge in [-0.3, -0.25) is 4.79 Å². The highest BCUT2D eigenvalue weighted by atomic mass is 32.2. The molecule has 0 radical (unpaired) electrons. The first kappa shape index (κ1) is 12.4. The fraction of sp³-hybridized carbons (Fsp3) is 0.429. The molecule has 0 saturated heterocycles. The highest BCUT2D eigenvalue weighted by Gasteiger charge is 2.33. The average Bonchev–Trinajstić information content (AvgIpc) is 2.16. The zero-order valence-electron chi connectivity index (χ0n) is 7.44. The molecule has 0 spiro atoms. The lowest BCUT2D eigenvalue weighted by Crippen LogP contribution is -2.28. The second kappa shape index (κ2) is 6.83. The van der Waals surface area contributed by atoms with E-state index in [1.54, 1.807) is 12.3 Å². The molecule has 0 heterocycles. The molecular formula is C7H8N3O3S+. The normalized spacial score (nSPS) is 8.29. The van der Waals surface area contributed by atoms with Crippen LogP contribution in [0.15, 0.2) is 0 Å². The van der Waals surface area contributed by atoms with E-state index in [-0.39, 0.29) is 12.4 Å². The predicted molar refractivity (Wildman–Crippen MR) is 47.7 cm³/mol. The molecular weight excluding hydrogens is 206 g/mol. The number of Topliss-reactive ketones (excluding diaryl/α,β-unsaturated/α-hetero) is 1. The van der Waals surface area contributed by atoms with Crippen LogP contribution in [0, 0.1) is 16.2 Å². The number of carbonyl (C=O) groups excluding carboxylic acids is 2. The fourth-order valence-electron chi connectivity index (χ4n) is 0.587. The molecule has 6 nitrogen and oxygen atoms in total. The van der Waals surface area contributed by atoms with Gasteiger partial charge in [-0.2, -0.15) is 5.26 Å². The lowest BCUT2D eigenvalue weighted by Gasteiger charge is -1.93. The molecule has 1 N–H and O–H groups in total. The summed E-state index contributed by atoms with van der Waals surface area (Å²) >= 11 is 0.679. The van der Waals surface area contributed by atoms with Crippen molar-refractivity contribution in [3.05, 3.63) is 0 Å². The van der Waals surface area contributed by atoms with Crippen molar-refractivity contribution in [2.75, 3.05) is 12.4 Å². The van der Waals surface area contributed by atoms with Crippen LogP contribution < -0.4 is 0 Å². The van der Waals surface area contributed by atoms with E-state index >= 15 is 0 Å². The van der Waals surface area contributed by atoms with Crippen LogP contribution in [-0.4, -0.2) is 34.6 Å². The van der Waals surface area contributed by atoms with E-state index in [0.29, 0.717) is 11.8 Å². The summed E-state index contributed by atoms with van der Waals surface area (Å²) in [7, 11) is 0. The Morgan fingerprint density at radius 2 is 2.29 bits per heavy atom. The molecule has 0 atom stereocenters. The highest BCUT2D eigenvalue weighted by molar-refractivity contribution is 8.04. The van der Waals surface area contributed by atoms with Crippen molar-refractivity contribution in [2.45, 2.75) is 6.92 Å². The number of nitrogens with one attached hydrogen (secondary N) is 1. The second-order valence-electron chi connectivity index (χ2n) is 1.98. The van der Waals surface area contributed by atoms with E-state index < -0.39 is 17.5 Å². The molecule has 7 heteroatoms.